The Morgan fingerprint density at radius 1 is 1.42 bits per heavy atom. The van der Waals surface area contributed by atoms with Crippen LogP contribution in [0.25, 0.3) is 5.82 Å². The molecule has 0 fully saturated rings. The Kier molecular flexibility index (Phi) is 4.46. The Balaban J connectivity index is 1.74. The van der Waals surface area contributed by atoms with E-state index >= 15 is 0 Å². The number of nitrogens with one attached hydrogen (secondary N) is 1. The lowest BCUT2D eigenvalue weighted by molar-refractivity contribution is 0.0530. The molecule has 3 rings (SSSR count). The molecule has 0 saturated carbocycles. The van der Waals surface area contributed by atoms with Crippen LogP contribution in [0.3, 0.4) is 0 Å². The fourth-order valence-corrected chi connectivity index (χ4v) is 3.15. The number of thiophene rings is 1. The SMILES string of the molecule is Cc1c(C(=O)NCC(C)(O)c2ccsc2)cnn1-c1ccccn1. The zero-order valence-corrected chi connectivity index (χ0v) is 14.2. The number of hydrogen-bond donors (Lipinski definition) is 2. The summed E-state index contributed by atoms with van der Waals surface area (Å²) in [5, 5.41) is 21.3. The summed E-state index contributed by atoms with van der Waals surface area (Å²) in [6, 6.07) is 7.36. The molecule has 0 aliphatic heterocycles. The molecule has 7 heteroatoms. The summed E-state index contributed by atoms with van der Waals surface area (Å²) in [6.07, 6.45) is 3.19. The van der Waals surface area contributed by atoms with Crippen LogP contribution in [0.4, 0.5) is 0 Å². The normalized spacial score (nSPS) is 13.5. The van der Waals surface area contributed by atoms with Gasteiger partial charge < -0.3 is 10.4 Å². The number of carbonyl (C=O) groups is 1. The van der Waals surface area contributed by atoms with Crippen molar-refractivity contribution in [1.29, 1.82) is 0 Å². The third-order valence-corrected chi connectivity index (χ3v) is 4.54. The van der Waals surface area contributed by atoms with Crippen LogP contribution < -0.4 is 5.32 Å². The maximum absolute atomic E-state index is 12.4. The summed E-state index contributed by atoms with van der Waals surface area (Å²) in [7, 11) is 0. The first-order valence-corrected chi connectivity index (χ1v) is 8.42. The fourth-order valence-electron chi connectivity index (χ4n) is 2.36. The minimum atomic E-state index is -1.11. The van der Waals surface area contributed by atoms with Gasteiger partial charge in [-0.05, 0) is 48.4 Å². The van der Waals surface area contributed by atoms with Crippen molar-refractivity contribution >= 4 is 17.2 Å². The minimum Gasteiger partial charge on any atom is -0.384 e. The molecule has 3 aromatic rings. The van der Waals surface area contributed by atoms with Crippen molar-refractivity contribution < 1.29 is 9.90 Å². The van der Waals surface area contributed by atoms with Gasteiger partial charge in [0.25, 0.3) is 5.91 Å². The Hall–Kier alpha value is -2.51. The smallest absolute Gasteiger partial charge is 0.254 e. The number of carbonyl (C=O) groups excluding carboxylic acids is 1. The van der Waals surface area contributed by atoms with Gasteiger partial charge in [-0.1, -0.05) is 6.07 Å². The van der Waals surface area contributed by atoms with E-state index in [-0.39, 0.29) is 12.5 Å². The highest BCUT2D eigenvalue weighted by Gasteiger charge is 2.25. The van der Waals surface area contributed by atoms with Crippen LogP contribution >= 0.6 is 11.3 Å². The molecular weight excluding hydrogens is 324 g/mol. The van der Waals surface area contributed by atoms with E-state index in [9.17, 15) is 9.90 Å². The standard InChI is InChI=1S/C17H18N4O2S/c1-12-14(9-20-21(12)15-5-3-4-7-18-15)16(22)19-11-17(2,23)13-6-8-24-10-13/h3-10,23H,11H2,1-2H3,(H,19,22). The van der Waals surface area contributed by atoms with Crippen molar-refractivity contribution in [1.82, 2.24) is 20.1 Å². The third-order valence-electron chi connectivity index (χ3n) is 3.86. The third kappa shape index (κ3) is 3.22. The van der Waals surface area contributed by atoms with E-state index in [0.29, 0.717) is 17.1 Å². The number of pyridine rings is 1. The van der Waals surface area contributed by atoms with Crippen LogP contribution in [0.5, 0.6) is 0 Å². The first kappa shape index (κ1) is 16.4. The summed E-state index contributed by atoms with van der Waals surface area (Å²) in [6.45, 7) is 3.61. The Labute approximate surface area is 143 Å². The lowest BCUT2D eigenvalue weighted by Gasteiger charge is -2.22. The number of rotatable bonds is 5. The molecule has 24 heavy (non-hydrogen) atoms. The average Bonchev–Trinajstić information content (AvgIpc) is 3.24. The van der Waals surface area contributed by atoms with E-state index in [0.717, 1.165) is 5.56 Å². The van der Waals surface area contributed by atoms with Crippen molar-refractivity contribution in [3.63, 3.8) is 0 Å². The van der Waals surface area contributed by atoms with Crippen LogP contribution in [0.1, 0.15) is 28.5 Å². The summed E-state index contributed by atoms with van der Waals surface area (Å²) >= 11 is 1.51. The number of aromatic nitrogens is 3. The largest absolute Gasteiger partial charge is 0.384 e. The second kappa shape index (κ2) is 6.54. The molecule has 0 spiro atoms. The van der Waals surface area contributed by atoms with Gasteiger partial charge in [-0.2, -0.15) is 16.4 Å². The van der Waals surface area contributed by atoms with Gasteiger partial charge in [0.2, 0.25) is 0 Å². The van der Waals surface area contributed by atoms with Gasteiger partial charge in [-0.3, -0.25) is 4.79 Å². The van der Waals surface area contributed by atoms with Crippen LogP contribution in [-0.4, -0.2) is 32.3 Å². The molecule has 0 aliphatic rings. The molecule has 0 radical (unpaired) electrons. The predicted molar refractivity (Wildman–Crippen MR) is 92.3 cm³/mol. The Morgan fingerprint density at radius 2 is 2.25 bits per heavy atom. The Morgan fingerprint density at radius 3 is 2.92 bits per heavy atom. The zero-order valence-electron chi connectivity index (χ0n) is 13.4. The van der Waals surface area contributed by atoms with Crippen LogP contribution in [0, 0.1) is 6.92 Å². The minimum absolute atomic E-state index is 0.122. The molecule has 3 aromatic heterocycles. The highest BCUT2D eigenvalue weighted by molar-refractivity contribution is 7.08. The van der Waals surface area contributed by atoms with E-state index in [2.05, 4.69) is 15.4 Å². The van der Waals surface area contributed by atoms with Gasteiger partial charge in [0.1, 0.15) is 5.60 Å². The number of nitrogens with zero attached hydrogens (tertiary/aromatic N) is 3. The van der Waals surface area contributed by atoms with Gasteiger partial charge in [-0.25, -0.2) is 9.67 Å². The molecule has 3 heterocycles. The van der Waals surface area contributed by atoms with E-state index in [4.69, 9.17) is 0 Å². The van der Waals surface area contributed by atoms with Gasteiger partial charge in [0.05, 0.1) is 24.0 Å². The van der Waals surface area contributed by atoms with E-state index in [1.807, 2.05) is 41.9 Å². The summed E-state index contributed by atoms with van der Waals surface area (Å²) in [5.74, 6) is 0.379. The maximum atomic E-state index is 12.4. The van der Waals surface area contributed by atoms with Crippen molar-refractivity contribution in [3.05, 3.63) is 64.2 Å². The second-order valence-corrected chi connectivity index (χ2v) is 6.49. The highest BCUT2D eigenvalue weighted by atomic mass is 32.1. The molecule has 1 unspecified atom stereocenters. The summed E-state index contributed by atoms with van der Waals surface area (Å²) in [5.41, 5.74) is 0.831. The Bertz CT molecular complexity index is 826. The van der Waals surface area contributed by atoms with Gasteiger partial charge in [-0.15, -0.1) is 0 Å². The first-order valence-electron chi connectivity index (χ1n) is 7.48. The monoisotopic (exact) mass is 342 g/mol. The highest BCUT2D eigenvalue weighted by Crippen LogP contribution is 2.22. The maximum Gasteiger partial charge on any atom is 0.254 e. The van der Waals surface area contributed by atoms with Crippen molar-refractivity contribution in [2.24, 2.45) is 0 Å². The van der Waals surface area contributed by atoms with Gasteiger partial charge >= 0.3 is 0 Å². The zero-order chi connectivity index (χ0) is 17.2. The van der Waals surface area contributed by atoms with Gasteiger partial charge in [0.15, 0.2) is 5.82 Å². The predicted octanol–water partition coefficient (Wildman–Crippen LogP) is 2.27. The molecule has 0 aliphatic carbocycles. The van der Waals surface area contributed by atoms with E-state index < -0.39 is 5.60 Å². The molecule has 0 saturated heterocycles. The number of amides is 1. The van der Waals surface area contributed by atoms with Gasteiger partial charge in [0, 0.05) is 6.20 Å². The van der Waals surface area contributed by atoms with Crippen molar-refractivity contribution in [3.8, 4) is 5.82 Å². The molecule has 0 aromatic carbocycles. The molecule has 0 bridgehead atoms. The van der Waals surface area contributed by atoms with Crippen LogP contribution in [-0.2, 0) is 5.60 Å². The van der Waals surface area contributed by atoms with Crippen molar-refractivity contribution in [2.45, 2.75) is 19.4 Å². The lowest BCUT2D eigenvalue weighted by Crippen LogP contribution is -2.38. The number of hydrogen-bond acceptors (Lipinski definition) is 5. The second-order valence-electron chi connectivity index (χ2n) is 5.71. The molecule has 1 atom stereocenters. The molecule has 2 N–H and O–H groups in total. The lowest BCUT2D eigenvalue weighted by atomic mass is 9.99. The van der Waals surface area contributed by atoms with E-state index in [1.165, 1.54) is 17.5 Å². The molecule has 1 amide bonds. The first-order chi connectivity index (χ1) is 11.5. The van der Waals surface area contributed by atoms with Crippen molar-refractivity contribution in [2.75, 3.05) is 6.54 Å². The fraction of sp³-hybridized carbons (Fsp3) is 0.235. The molecular formula is C17H18N4O2S. The number of aliphatic hydroxyl groups is 1. The summed E-state index contributed by atoms with van der Waals surface area (Å²) < 4.78 is 1.62. The van der Waals surface area contributed by atoms with E-state index in [1.54, 1.807) is 17.8 Å². The quantitative estimate of drug-likeness (QED) is 0.745. The molecule has 124 valence electrons. The summed E-state index contributed by atoms with van der Waals surface area (Å²) in [4.78, 5) is 16.7. The van der Waals surface area contributed by atoms with Crippen LogP contribution in [0.2, 0.25) is 0 Å². The van der Waals surface area contributed by atoms with Crippen LogP contribution in [0.15, 0.2) is 47.4 Å². The average molecular weight is 342 g/mol. The molecule has 6 nitrogen and oxygen atoms in total. The topological polar surface area (TPSA) is 80.0 Å².